The number of benzene rings is 2. The maximum Gasteiger partial charge on any atom is 0.191 e. The molecule has 31 heavy (non-hydrogen) atoms. The van der Waals surface area contributed by atoms with Crippen LogP contribution in [0.1, 0.15) is 37.0 Å². The first-order valence-electron chi connectivity index (χ1n) is 10.2. The summed E-state index contributed by atoms with van der Waals surface area (Å²) in [4.78, 5) is 8.55. The van der Waals surface area contributed by atoms with Crippen LogP contribution in [-0.4, -0.2) is 34.3 Å². The Hall–Kier alpha value is -2.62. The van der Waals surface area contributed by atoms with E-state index >= 15 is 0 Å². The number of aryl methyl sites for hydroxylation is 1. The number of rotatable bonds is 8. The summed E-state index contributed by atoms with van der Waals surface area (Å²) >= 11 is 0. The predicted octanol–water partition coefficient (Wildman–Crippen LogP) is 4.44. The van der Waals surface area contributed by atoms with Crippen LogP contribution in [0.2, 0.25) is 0 Å². The largest absolute Gasteiger partial charge is 0.490 e. The fourth-order valence-electron chi connectivity index (χ4n) is 2.98. The second-order valence-corrected chi connectivity index (χ2v) is 7.26. The van der Waals surface area contributed by atoms with Crippen molar-refractivity contribution in [3.63, 3.8) is 0 Å². The highest BCUT2D eigenvalue weighted by Crippen LogP contribution is 2.22. The molecule has 1 unspecified atom stereocenters. The van der Waals surface area contributed by atoms with Gasteiger partial charge in [-0.3, -0.25) is 10.1 Å². The van der Waals surface area contributed by atoms with Gasteiger partial charge in [0.1, 0.15) is 12.1 Å². The van der Waals surface area contributed by atoms with Crippen LogP contribution in [0.5, 0.6) is 5.75 Å². The van der Waals surface area contributed by atoms with Gasteiger partial charge in [-0.1, -0.05) is 37.3 Å². The van der Waals surface area contributed by atoms with Crippen LogP contribution >= 0.6 is 24.0 Å². The molecule has 7 nitrogen and oxygen atoms in total. The first-order valence-corrected chi connectivity index (χ1v) is 10.2. The van der Waals surface area contributed by atoms with Crippen LogP contribution < -0.4 is 15.4 Å². The second kappa shape index (κ2) is 12.3. The first-order chi connectivity index (χ1) is 14.6. The summed E-state index contributed by atoms with van der Waals surface area (Å²) in [6.07, 6.45) is 2.66. The molecule has 0 fully saturated rings. The molecule has 2 aromatic carbocycles. The van der Waals surface area contributed by atoms with Crippen LogP contribution in [0.25, 0.3) is 11.4 Å². The van der Waals surface area contributed by atoms with Crippen molar-refractivity contribution in [2.45, 2.75) is 46.4 Å². The number of guanidine groups is 1. The van der Waals surface area contributed by atoms with E-state index in [-0.39, 0.29) is 30.1 Å². The lowest BCUT2D eigenvalue weighted by molar-refractivity contribution is 0.215. The lowest BCUT2D eigenvalue weighted by Gasteiger charge is -2.18. The number of aliphatic imine (C=N–C) groups is 1. The molecule has 0 aliphatic heterocycles. The summed E-state index contributed by atoms with van der Waals surface area (Å²) < 4.78 is 6.10. The van der Waals surface area contributed by atoms with Crippen LogP contribution in [0.15, 0.2) is 53.8 Å². The van der Waals surface area contributed by atoms with Gasteiger partial charge in [0, 0.05) is 31.3 Å². The summed E-state index contributed by atoms with van der Waals surface area (Å²) in [6, 6.07) is 14.5. The Morgan fingerprint density at radius 3 is 2.68 bits per heavy atom. The fraction of sp³-hybridized carbons (Fsp3) is 0.348. The average molecular weight is 534 g/mol. The molecule has 166 valence electrons. The minimum absolute atomic E-state index is 0. The number of hydrogen-bond donors (Lipinski definition) is 3. The summed E-state index contributed by atoms with van der Waals surface area (Å²) in [5.41, 5.74) is 4.42. The lowest BCUT2D eigenvalue weighted by Crippen LogP contribution is -2.36. The molecule has 1 atom stereocenters. The fourth-order valence-corrected chi connectivity index (χ4v) is 2.98. The Morgan fingerprint density at radius 1 is 1.16 bits per heavy atom. The molecule has 0 spiro atoms. The molecule has 0 saturated heterocycles. The van der Waals surface area contributed by atoms with E-state index in [0.29, 0.717) is 13.1 Å². The molecular formula is C23H31IN6O. The number of ether oxygens (including phenoxy) is 1. The molecule has 0 aliphatic rings. The molecule has 1 aromatic heterocycles. The number of aromatic amines is 1. The van der Waals surface area contributed by atoms with E-state index in [1.807, 2.05) is 12.1 Å². The molecule has 3 rings (SSSR count). The van der Waals surface area contributed by atoms with Crippen LogP contribution in [0, 0.1) is 6.92 Å². The van der Waals surface area contributed by atoms with Gasteiger partial charge in [0.25, 0.3) is 0 Å². The number of nitrogens with zero attached hydrogens (tertiary/aromatic N) is 3. The molecule has 0 radical (unpaired) electrons. The highest BCUT2D eigenvalue weighted by Gasteiger charge is 2.09. The standard InChI is InChI=1S/C23H30N6O.HI/c1-5-17(3)30-21-11-16(2)9-10-20(21)14-26-23(24-4)25-13-18-7-6-8-19(12-18)22-27-15-28-29-22;/h6-12,15,17H,5,13-14H2,1-4H3,(H2,24,25,26)(H,27,28,29);1H. The van der Waals surface area contributed by atoms with Crippen molar-refractivity contribution in [2.75, 3.05) is 7.05 Å². The predicted molar refractivity (Wildman–Crippen MR) is 136 cm³/mol. The quantitative estimate of drug-likeness (QED) is 0.226. The van der Waals surface area contributed by atoms with Gasteiger partial charge in [-0.05, 0) is 43.5 Å². The number of aromatic nitrogens is 3. The normalized spacial score (nSPS) is 12.1. The lowest BCUT2D eigenvalue weighted by atomic mass is 10.1. The molecule has 3 N–H and O–H groups in total. The van der Waals surface area contributed by atoms with Crippen molar-refractivity contribution in [2.24, 2.45) is 4.99 Å². The van der Waals surface area contributed by atoms with Crippen LogP contribution in [0.3, 0.4) is 0 Å². The molecule has 0 aliphatic carbocycles. The number of H-pyrrole nitrogens is 1. The van der Waals surface area contributed by atoms with Crippen molar-refractivity contribution < 1.29 is 4.74 Å². The molecule has 0 bridgehead atoms. The van der Waals surface area contributed by atoms with Gasteiger partial charge in [-0.2, -0.15) is 5.10 Å². The van der Waals surface area contributed by atoms with Crippen molar-refractivity contribution in [3.8, 4) is 17.1 Å². The summed E-state index contributed by atoms with van der Waals surface area (Å²) in [5, 5.41) is 13.5. The minimum atomic E-state index is 0. The highest BCUT2D eigenvalue weighted by molar-refractivity contribution is 14.0. The topological polar surface area (TPSA) is 87.2 Å². The summed E-state index contributed by atoms with van der Waals surface area (Å²) in [7, 11) is 1.77. The van der Waals surface area contributed by atoms with Crippen molar-refractivity contribution in [1.29, 1.82) is 0 Å². The third-order valence-electron chi connectivity index (χ3n) is 4.87. The molecule has 8 heteroatoms. The first kappa shape index (κ1) is 24.6. The zero-order chi connectivity index (χ0) is 21.3. The molecule has 1 heterocycles. The maximum absolute atomic E-state index is 6.10. The van der Waals surface area contributed by atoms with Gasteiger partial charge in [0.15, 0.2) is 11.8 Å². The maximum atomic E-state index is 6.10. The number of hydrogen-bond acceptors (Lipinski definition) is 4. The Morgan fingerprint density at radius 2 is 1.97 bits per heavy atom. The minimum Gasteiger partial charge on any atom is -0.490 e. The average Bonchev–Trinajstić information content (AvgIpc) is 3.30. The van der Waals surface area contributed by atoms with E-state index < -0.39 is 0 Å². The van der Waals surface area contributed by atoms with Gasteiger partial charge in [0.05, 0.1) is 6.10 Å². The van der Waals surface area contributed by atoms with Crippen LogP contribution in [-0.2, 0) is 13.1 Å². The molecule has 3 aromatic rings. The van der Waals surface area contributed by atoms with E-state index in [9.17, 15) is 0 Å². The zero-order valence-corrected chi connectivity index (χ0v) is 20.8. The Balaban J connectivity index is 0.00000341. The second-order valence-electron chi connectivity index (χ2n) is 7.26. The van der Waals surface area contributed by atoms with Crippen LogP contribution in [0.4, 0.5) is 0 Å². The van der Waals surface area contributed by atoms with Crippen molar-refractivity contribution >= 4 is 29.9 Å². The third kappa shape index (κ3) is 7.23. The monoisotopic (exact) mass is 534 g/mol. The van der Waals surface area contributed by atoms with E-state index in [2.05, 4.69) is 81.9 Å². The van der Waals surface area contributed by atoms with E-state index in [4.69, 9.17) is 4.74 Å². The summed E-state index contributed by atoms with van der Waals surface area (Å²) in [5.74, 6) is 2.41. The smallest absolute Gasteiger partial charge is 0.191 e. The molecular weight excluding hydrogens is 503 g/mol. The highest BCUT2D eigenvalue weighted by atomic mass is 127. The van der Waals surface area contributed by atoms with E-state index in [1.165, 1.54) is 11.9 Å². The van der Waals surface area contributed by atoms with Crippen molar-refractivity contribution in [3.05, 3.63) is 65.5 Å². The third-order valence-corrected chi connectivity index (χ3v) is 4.87. The zero-order valence-electron chi connectivity index (χ0n) is 18.5. The van der Waals surface area contributed by atoms with Gasteiger partial charge in [-0.25, -0.2) is 4.98 Å². The molecule has 0 amide bonds. The van der Waals surface area contributed by atoms with Crippen molar-refractivity contribution in [1.82, 2.24) is 25.8 Å². The molecule has 0 saturated carbocycles. The summed E-state index contributed by atoms with van der Waals surface area (Å²) in [6.45, 7) is 7.57. The van der Waals surface area contributed by atoms with Gasteiger partial charge >= 0.3 is 0 Å². The van der Waals surface area contributed by atoms with E-state index in [1.54, 1.807) is 7.05 Å². The van der Waals surface area contributed by atoms with Gasteiger partial charge < -0.3 is 15.4 Å². The Kier molecular flexibility index (Phi) is 9.77. The number of halogens is 1. The van der Waals surface area contributed by atoms with Gasteiger partial charge in [-0.15, -0.1) is 24.0 Å². The Labute approximate surface area is 201 Å². The Bertz CT molecular complexity index is 974. The SMILES string of the molecule is CCC(C)Oc1cc(C)ccc1CNC(=NC)NCc1cccc(-c2ncn[nH]2)c1.I. The van der Waals surface area contributed by atoms with Gasteiger partial charge in [0.2, 0.25) is 0 Å². The number of nitrogens with one attached hydrogen (secondary N) is 3. The van der Waals surface area contributed by atoms with E-state index in [0.717, 1.165) is 40.6 Å².